The van der Waals surface area contributed by atoms with Gasteiger partial charge in [0, 0.05) is 13.0 Å². The first-order chi connectivity index (χ1) is 14.3. The van der Waals surface area contributed by atoms with Gasteiger partial charge in [-0.05, 0) is 57.4 Å². The molecule has 0 saturated carbocycles. The quantitative estimate of drug-likeness (QED) is 0.293. The summed E-state index contributed by atoms with van der Waals surface area (Å²) in [7, 11) is 1.44. The number of carbonyl (C=O) groups excluding carboxylic acids is 2. The van der Waals surface area contributed by atoms with Gasteiger partial charge in [0.1, 0.15) is 0 Å². The van der Waals surface area contributed by atoms with Crippen LogP contribution in [0.1, 0.15) is 18.1 Å². The summed E-state index contributed by atoms with van der Waals surface area (Å²) in [4.78, 5) is 27.6. The topological polar surface area (TPSA) is 74.2 Å². The number of cyclic esters (lactones) is 1. The van der Waals surface area contributed by atoms with Gasteiger partial charge in [0.05, 0.1) is 21.6 Å². The minimum absolute atomic E-state index is 0.0982. The van der Waals surface area contributed by atoms with Gasteiger partial charge in [-0.15, -0.1) is 0 Å². The van der Waals surface area contributed by atoms with Crippen molar-refractivity contribution in [1.82, 2.24) is 0 Å². The highest BCUT2D eigenvalue weighted by Crippen LogP contribution is 2.37. The summed E-state index contributed by atoms with van der Waals surface area (Å²) in [5.74, 6) is -0.416. The molecule has 0 amide bonds. The lowest BCUT2D eigenvalue weighted by Gasteiger charge is -2.11. The summed E-state index contributed by atoms with van der Waals surface area (Å²) in [6.45, 7) is 1.29. The highest BCUT2D eigenvalue weighted by atomic mass is 79.9. The maximum absolute atomic E-state index is 12.2. The number of methoxy groups -OCH3 is 1. The van der Waals surface area contributed by atoms with Crippen molar-refractivity contribution in [1.29, 1.82) is 0 Å². The van der Waals surface area contributed by atoms with E-state index in [2.05, 4.69) is 20.9 Å². The predicted molar refractivity (Wildman–Crippen MR) is 119 cm³/mol. The molecule has 0 spiro atoms. The number of esters is 2. The molecule has 1 heterocycles. The van der Waals surface area contributed by atoms with Crippen molar-refractivity contribution in [3.63, 3.8) is 0 Å². The molecule has 0 saturated heterocycles. The number of hydrogen-bond acceptors (Lipinski definition) is 6. The van der Waals surface area contributed by atoms with E-state index in [1.165, 1.54) is 26.2 Å². The summed E-state index contributed by atoms with van der Waals surface area (Å²) in [5, 5.41) is 0.808. The summed E-state index contributed by atoms with van der Waals surface area (Å²) >= 11 is 15.5. The Labute approximate surface area is 190 Å². The van der Waals surface area contributed by atoms with Gasteiger partial charge in [0.25, 0.3) is 0 Å². The van der Waals surface area contributed by atoms with E-state index < -0.39 is 11.9 Å². The van der Waals surface area contributed by atoms with Crippen LogP contribution in [-0.4, -0.2) is 24.9 Å². The first-order valence-electron chi connectivity index (χ1n) is 8.49. The number of carbonyl (C=O) groups is 2. The molecule has 0 radical (unpaired) electrons. The SMILES string of the molecule is COc1cc(/C=C2N=C(/C=C/c3cccc(Cl)c3Cl)OC/2=O)cc(Br)c1OC(C)=O. The van der Waals surface area contributed by atoms with Crippen LogP contribution in [0, 0.1) is 0 Å². The molecule has 9 heteroatoms. The summed E-state index contributed by atoms with van der Waals surface area (Å²) in [6, 6.07) is 8.47. The van der Waals surface area contributed by atoms with Crippen LogP contribution in [0.3, 0.4) is 0 Å². The van der Waals surface area contributed by atoms with Gasteiger partial charge in [-0.1, -0.05) is 35.3 Å². The van der Waals surface area contributed by atoms with Crippen LogP contribution in [0.4, 0.5) is 0 Å². The van der Waals surface area contributed by atoms with E-state index in [1.807, 2.05) is 0 Å². The summed E-state index contributed by atoms with van der Waals surface area (Å²) in [6.07, 6.45) is 4.70. The number of nitrogens with zero attached hydrogens (tertiary/aromatic N) is 1. The van der Waals surface area contributed by atoms with E-state index in [0.29, 0.717) is 31.4 Å². The van der Waals surface area contributed by atoms with Crippen LogP contribution in [0.5, 0.6) is 11.5 Å². The van der Waals surface area contributed by atoms with E-state index in [1.54, 1.807) is 36.4 Å². The second-order valence-electron chi connectivity index (χ2n) is 5.97. The molecule has 0 bridgehead atoms. The number of halogens is 3. The number of aliphatic imine (C=N–C) groups is 1. The van der Waals surface area contributed by atoms with Gasteiger partial charge < -0.3 is 14.2 Å². The van der Waals surface area contributed by atoms with E-state index >= 15 is 0 Å². The smallest absolute Gasteiger partial charge is 0.363 e. The Morgan fingerprint density at radius 3 is 2.70 bits per heavy atom. The Kier molecular flexibility index (Phi) is 6.97. The molecule has 1 aliphatic heterocycles. The summed E-state index contributed by atoms with van der Waals surface area (Å²) in [5.41, 5.74) is 1.35. The van der Waals surface area contributed by atoms with E-state index in [9.17, 15) is 9.59 Å². The molecule has 1 aliphatic rings. The average molecular weight is 511 g/mol. The van der Waals surface area contributed by atoms with E-state index in [0.717, 1.165) is 0 Å². The zero-order chi connectivity index (χ0) is 21.8. The normalized spacial score (nSPS) is 14.8. The van der Waals surface area contributed by atoms with Crippen LogP contribution in [0.25, 0.3) is 12.2 Å². The Morgan fingerprint density at radius 2 is 2.00 bits per heavy atom. The Bertz CT molecular complexity index is 1120. The van der Waals surface area contributed by atoms with Crippen LogP contribution in [0.2, 0.25) is 10.0 Å². The molecule has 154 valence electrons. The van der Waals surface area contributed by atoms with Gasteiger partial charge in [-0.25, -0.2) is 9.79 Å². The molecule has 0 aromatic heterocycles. The van der Waals surface area contributed by atoms with Crippen molar-refractivity contribution in [3.05, 3.63) is 67.7 Å². The molecule has 0 N–H and O–H groups in total. The third-order valence-corrected chi connectivity index (χ3v) is 5.25. The molecule has 30 heavy (non-hydrogen) atoms. The molecule has 0 unspecified atom stereocenters. The fraction of sp³-hybridized carbons (Fsp3) is 0.0952. The first-order valence-corrected chi connectivity index (χ1v) is 10.0. The molecule has 6 nitrogen and oxygen atoms in total. The molecule has 0 aliphatic carbocycles. The van der Waals surface area contributed by atoms with E-state index in [-0.39, 0.29) is 17.3 Å². The minimum Gasteiger partial charge on any atom is -0.493 e. The zero-order valence-electron chi connectivity index (χ0n) is 15.7. The standard InChI is InChI=1S/C21H14BrCl2NO5/c1-11(26)29-20-14(22)8-12(10-17(20)28-2)9-16-21(27)30-18(25-16)7-6-13-4-3-5-15(23)19(13)24/h3-10H,1-2H3/b7-6+,16-9+. The zero-order valence-corrected chi connectivity index (χ0v) is 18.8. The molecule has 2 aromatic rings. The van der Waals surface area contributed by atoms with E-state index in [4.69, 9.17) is 37.4 Å². The summed E-state index contributed by atoms with van der Waals surface area (Å²) < 4.78 is 16.1. The Hall–Kier alpha value is -2.61. The van der Waals surface area contributed by atoms with Crippen LogP contribution in [-0.2, 0) is 14.3 Å². The Balaban J connectivity index is 1.88. The van der Waals surface area contributed by atoms with Crippen molar-refractivity contribution in [2.45, 2.75) is 6.92 Å². The monoisotopic (exact) mass is 509 g/mol. The van der Waals surface area contributed by atoms with Crippen LogP contribution >= 0.6 is 39.1 Å². The van der Waals surface area contributed by atoms with Crippen molar-refractivity contribution in [3.8, 4) is 11.5 Å². The second kappa shape index (κ2) is 9.47. The van der Waals surface area contributed by atoms with Gasteiger partial charge in [-0.2, -0.15) is 0 Å². The predicted octanol–water partition coefficient (Wildman–Crippen LogP) is 5.70. The number of rotatable bonds is 5. The first kappa shape index (κ1) is 22.1. The molecular formula is C21H14BrCl2NO5. The minimum atomic E-state index is -0.606. The molecule has 3 rings (SSSR count). The van der Waals surface area contributed by atoms with Crippen LogP contribution in [0.15, 0.2) is 51.6 Å². The highest BCUT2D eigenvalue weighted by Gasteiger charge is 2.22. The van der Waals surface area contributed by atoms with Crippen LogP contribution < -0.4 is 9.47 Å². The van der Waals surface area contributed by atoms with Gasteiger partial charge >= 0.3 is 11.9 Å². The average Bonchev–Trinajstić information content (AvgIpc) is 3.04. The Morgan fingerprint density at radius 1 is 1.23 bits per heavy atom. The van der Waals surface area contributed by atoms with Crippen molar-refractivity contribution in [2.75, 3.05) is 7.11 Å². The van der Waals surface area contributed by atoms with Gasteiger partial charge in [-0.3, -0.25) is 4.79 Å². The highest BCUT2D eigenvalue weighted by molar-refractivity contribution is 9.10. The number of hydrogen-bond donors (Lipinski definition) is 0. The third-order valence-electron chi connectivity index (χ3n) is 3.82. The lowest BCUT2D eigenvalue weighted by molar-refractivity contribution is -0.132. The third kappa shape index (κ3) is 5.11. The lowest BCUT2D eigenvalue weighted by Crippen LogP contribution is -2.04. The van der Waals surface area contributed by atoms with Crippen molar-refractivity contribution < 1.29 is 23.8 Å². The molecular weight excluding hydrogens is 497 g/mol. The molecule has 2 aromatic carbocycles. The fourth-order valence-corrected chi connectivity index (χ4v) is 3.44. The lowest BCUT2D eigenvalue weighted by atomic mass is 10.1. The van der Waals surface area contributed by atoms with Gasteiger partial charge in [0.2, 0.25) is 5.90 Å². The largest absolute Gasteiger partial charge is 0.493 e. The van der Waals surface area contributed by atoms with Gasteiger partial charge in [0.15, 0.2) is 17.2 Å². The molecule has 0 fully saturated rings. The van der Waals surface area contributed by atoms with Crippen molar-refractivity contribution in [2.24, 2.45) is 4.99 Å². The number of ether oxygens (including phenoxy) is 3. The molecule has 0 atom stereocenters. The van der Waals surface area contributed by atoms with Crippen molar-refractivity contribution >= 4 is 69.1 Å². The fourth-order valence-electron chi connectivity index (χ4n) is 2.53. The number of benzene rings is 2. The second-order valence-corrected chi connectivity index (χ2v) is 7.61. The maximum atomic E-state index is 12.2. The maximum Gasteiger partial charge on any atom is 0.363 e.